The molecule has 0 aliphatic heterocycles. The van der Waals surface area contributed by atoms with Gasteiger partial charge in [-0.25, -0.2) is 13.2 Å². The summed E-state index contributed by atoms with van der Waals surface area (Å²) in [5.41, 5.74) is 0. The highest BCUT2D eigenvalue weighted by Crippen LogP contribution is 2.42. The number of alkyl halides is 2. The number of ether oxygens (including phenoxy) is 1. The molecule has 0 N–H and O–H groups in total. The van der Waals surface area contributed by atoms with E-state index in [1.807, 2.05) is 0 Å². The molecule has 0 atom stereocenters. The fourth-order valence-corrected chi connectivity index (χ4v) is 5.47. The maximum atomic E-state index is 14.1. The summed E-state index contributed by atoms with van der Waals surface area (Å²) in [6.45, 7) is 2.24. The monoisotopic (exact) mass is 458 g/mol. The molecule has 0 saturated heterocycles. The Balaban J connectivity index is 1.42. The molecule has 1 aromatic rings. The van der Waals surface area contributed by atoms with Crippen molar-refractivity contribution in [2.24, 2.45) is 23.7 Å². The minimum Gasteiger partial charge on any atom is -0.429 e. The van der Waals surface area contributed by atoms with Gasteiger partial charge in [0.1, 0.15) is 5.75 Å². The molecule has 0 amide bonds. The van der Waals surface area contributed by atoms with E-state index in [1.165, 1.54) is 57.4 Å². The zero-order valence-electron chi connectivity index (χ0n) is 18.9. The minimum atomic E-state index is -3.72. The van der Waals surface area contributed by atoms with Crippen LogP contribution in [0.15, 0.2) is 24.3 Å². The summed E-state index contributed by atoms with van der Waals surface area (Å²) in [6, 6.07) is 0.841. The Kier molecular flexibility index (Phi) is 9.01. The summed E-state index contributed by atoms with van der Waals surface area (Å²) in [5, 5.41) is 0. The zero-order chi connectivity index (χ0) is 23.1. The van der Waals surface area contributed by atoms with E-state index in [4.69, 9.17) is 0 Å². The SMILES string of the molecule is CCCCCC1CCC(C2CCC(C=CC(F)(F)Oc3cc(F)c(F)c(F)c3)CC2)CC1. The van der Waals surface area contributed by atoms with Crippen molar-refractivity contribution in [2.75, 3.05) is 0 Å². The van der Waals surface area contributed by atoms with E-state index in [-0.39, 0.29) is 5.92 Å². The number of benzene rings is 1. The largest absolute Gasteiger partial charge is 0.429 e. The second kappa shape index (κ2) is 11.5. The van der Waals surface area contributed by atoms with Gasteiger partial charge in [-0.1, -0.05) is 51.5 Å². The average Bonchev–Trinajstić information content (AvgIpc) is 2.77. The Bertz CT molecular complexity index is 724. The third-order valence-electron chi connectivity index (χ3n) is 7.36. The first-order valence-corrected chi connectivity index (χ1v) is 12.2. The summed E-state index contributed by atoms with van der Waals surface area (Å²) < 4.78 is 72.0. The van der Waals surface area contributed by atoms with Crippen molar-refractivity contribution in [1.29, 1.82) is 0 Å². The lowest BCUT2D eigenvalue weighted by Crippen LogP contribution is -2.26. The quantitative estimate of drug-likeness (QED) is 0.155. The number of hydrogen-bond donors (Lipinski definition) is 0. The molecule has 0 aromatic heterocycles. The van der Waals surface area contributed by atoms with E-state index in [1.54, 1.807) is 0 Å². The van der Waals surface area contributed by atoms with Crippen LogP contribution in [0.2, 0.25) is 0 Å². The molecule has 2 fully saturated rings. The van der Waals surface area contributed by atoms with Gasteiger partial charge in [-0.15, -0.1) is 0 Å². The smallest absolute Gasteiger partial charge is 0.419 e. The van der Waals surface area contributed by atoms with Crippen LogP contribution < -0.4 is 4.74 Å². The summed E-state index contributed by atoms with van der Waals surface area (Å²) in [6.07, 6.45) is 12.8. The van der Waals surface area contributed by atoms with Gasteiger partial charge in [0, 0.05) is 18.2 Å². The molecule has 6 heteroatoms. The van der Waals surface area contributed by atoms with Crippen LogP contribution in [-0.2, 0) is 0 Å². The number of allylic oxidation sites excluding steroid dienone is 1. The van der Waals surface area contributed by atoms with Crippen molar-refractivity contribution in [2.45, 2.75) is 90.1 Å². The molecule has 0 radical (unpaired) electrons. The van der Waals surface area contributed by atoms with Crippen molar-refractivity contribution in [3.63, 3.8) is 0 Å². The predicted molar refractivity (Wildman–Crippen MR) is 116 cm³/mol. The van der Waals surface area contributed by atoms with E-state index in [0.29, 0.717) is 24.1 Å². The van der Waals surface area contributed by atoms with Crippen molar-refractivity contribution in [3.8, 4) is 5.75 Å². The molecule has 2 aliphatic carbocycles. The molecule has 1 aromatic carbocycles. The van der Waals surface area contributed by atoms with Gasteiger partial charge in [-0.2, -0.15) is 8.78 Å². The normalized spacial score (nSPS) is 27.1. The van der Waals surface area contributed by atoms with Gasteiger partial charge >= 0.3 is 6.11 Å². The van der Waals surface area contributed by atoms with Gasteiger partial charge in [0.2, 0.25) is 0 Å². The van der Waals surface area contributed by atoms with E-state index in [9.17, 15) is 22.0 Å². The first-order valence-electron chi connectivity index (χ1n) is 12.2. The third kappa shape index (κ3) is 7.21. The van der Waals surface area contributed by atoms with Gasteiger partial charge in [-0.3, -0.25) is 0 Å². The van der Waals surface area contributed by atoms with Gasteiger partial charge in [0.25, 0.3) is 0 Å². The van der Waals surface area contributed by atoms with Crippen molar-refractivity contribution < 1.29 is 26.7 Å². The van der Waals surface area contributed by atoms with Crippen LogP contribution in [0.5, 0.6) is 5.75 Å². The highest BCUT2D eigenvalue weighted by Gasteiger charge is 2.32. The molecule has 3 rings (SSSR count). The van der Waals surface area contributed by atoms with Crippen LogP contribution in [-0.4, -0.2) is 6.11 Å². The lowest BCUT2D eigenvalue weighted by molar-refractivity contribution is -0.132. The molecule has 2 saturated carbocycles. The summed E-state index contributed by atoms with van der Waals surface area (Å²) in [5.74, 6) is -3.17. The zero-order valence-corrected chi connectivity index (χ0v) is 18.9. The van der Waals surface area contributed by atoms with Gasteiger partial charge < -0.3 is 4.74 Å². The molecule has 32 heavy (non-hydrogen) atoms. The Morgan fingerprint density at radius 1 is 0.875 bits per heavy atom. The van der Waals surface area contributed by atoms with Crippen LogP contribution in [0.3, 0.4) is 0 Å². The number of rotatable bonds is 9. The van der Waals surface area contributed by atoms with E-state index < -0.39 is 29.3 Å². The standard InChI is InChI=1S/C26H35F5O/c1-2-3-4-5-18-6-10-20(11-7-18)21-12-8-19(9-13-21)14-15-26(30,31)32-22-16-23(27)25(29)24(28)17-22/h14-21H,2-13H2,1H3. The molecular weight excluding hydrogens is 423 g/mol. The average molecular weight is 459 g/mol. The molecule has 1 nitrogen and oxygen atoms in total. The first kappa shape index (κ1) is 25.0. The predicted octanol–water partition coefficient (Wildman–Crippen LogP) is 8.82. The second-order valence-corrected chi connectivity index (χ2v) is 9.68. The lowest BCUT2D eigenvalue weighted by atomic mass is 9.68. The molecule has 0 unspecified atom stereocenters. The molecular formula is C26H35F5O. The van der Waals surface area contributed by atoms with Gasteiger partial charge in [0.05, 0.1) is 0 Å². The van der Waals surface area contributed by atoms with Crippen LogP contribution in [0.1, 0.15) is 84.0 Å². The van der Waals surface area contributed by atoms with Crippen LogP contribution >= 0.6 is 0 Å². The van der Waals surface area contributed by atoms with Crippen molar-refractivity contribution in [3.05, 3.63) is 41.7 Å². The van der Waals surface area contributed by atoms with E-state index in [2.05, 4.69) is 11.7 Å². The van der Waals surface area contributed by atoms with Crippen LogP contribution in [0.25, 0.3) is 0 Å². The molecule has 0 heterocycles. The Morgan fingerprint density at radius 3 is 2.00 bits per heavy atom. The number of unbranched alkanes of at least 4 members (excludes halogenated alkanes) is 2. The van der Waals surface area contributed by atoms with Crippen LogP contribution in [0.4, 0.5) is 22.0 Å². The Morgan fingerprint density at radius 2 is 1.44 bits per heavy atom. The summed E-state index contributed by atoms with van der Waals surface area (Å²) >= 11 is 0. The van der Waals surface area contributed by atoms with Crippen molar-refractivity contribution >= 4 is 0 Å². The van der Waals surface area contributed by atoms with Crippen molar-refractivity contribution in [1.82, 2.24) is 0 Å². The second-order valence-electron chi connectivity index (χ2n) is 9.68. The summed E-state index contributed by atoms with van der Waals surface area (Å²) in [7, 11) is 0. The van der Waals surface area contributed by atoms with Crippen LogP contribution in [0, 0.1) is 41.1 Å². The van der Waals surface area contributed by atoms with Gasteiger partial charge in [0.15, 0.2) is 17.5 Å². The lowest BCUT2D eigenvalue weighted by Gasteiger charge is -2.37. The Hall–Kier alpha value is -1.59. The van der Waals surface area contributed by atoms with E-state index in [0.717, 1.165) is 37.5 Å². The fraction of sp³-hybridized carbons (Fsp3) is 0.692. The highest BCUT2D eigenvalue weighted by molar-refractivity contribution is 5.26. The maximum Gasteiger partial charge on any atom is 0.419 e. The number of halogens is 5. The van der Waals surface area contributed by atoms with E-state index >= 15 is 0 Å². The Labute approximate surface area is 188 Å². The van der Waals surface area contributed by atoms with Gasteiger partial charge in [-0.05, 0) is 62.2 Å². The molecule has 0 bridgehead atoms. The molecule has 180 valence electrons. The molecule has 0 spiro atoms. The summed E-state index contributed by atoms with van der Waals surface area (Å²) in [4.78, 5) is 0. The molecule has 2 aliphatic rings. The highest BCUT2D eigenvalue weighted by atomic mass is 19.3. The third-order valence-corrected chi connectivity index (χ3v) is 7.36. The topological polar surface area (TPSA) is 9.23 Å². The fourth-order valence-electron chi connectivity index (χ4n) is 5.47. The minimum absolute atomic E-state index is 0.0489. The first-order chi connectivity index (χ1) is 15.3. The maximum absolute atomic E-state index is 14.1. The number of hydrogen-bond acceptors (Lipinski definition) is 1.